The Morgan fingerprint density at radius 1 is 1.19 bits per heavy atom. The van der Waals surface area contributed by atoms with Gasteiger partial charge in [0.15, 0.2) is 0 Å². The summed E-state index contributed by atoms with van der Waals surface area (Å²) in [6.45, 7) is 0.558. The fourth-order valence-corrected chi connectivity index (χ4v) is 1.25. The van der Waals surface area contributed by atoms with E-state index in [2.05, 4.69) is 10.6 Å². The van der Waals surface area contributed by atoms with E-state index >= 15 is 0 Å². The second-order valence-corrected chi connectivity index (χ2v) is 3.93. The molecule has 0 heterocycles. The lowest BCUT2D eigenvalue weighted by molar-refractivity contribution is -0.138. The van der Waals surface area contributed by atoms with Crippen LogP contribution in [-0.4, -0.2) is 29.6 Å². The van der Waals surface area contributed by atoms with Crippen molar-refractivity contribution in [2.75, 3.05) is 6.54 Å². The van der Waals surface area contributed by atoms with Crippen LogP contribution >= 0.6 is 0 Å². The summed E-state index contributed by atoms with van der Waals surface area (Å²) in [7, 11) is 0. The Balaban J connectivity index is 2.02. The molecule has 0 aromatic rings. The maximum Gasteiger partial charge on any atom is 0.321 e. The summed E-state index contributed by atoms with van der Waals surface area (Å²) in [4.78, 5) is 32.3. The zero-order valence-corrected chi connectivity index (χ0v) is 8.99. The average Bonchev–Trinajstić information content (AvgIpc) is 2.98. The molecule has 0 aromatic carbocycles. The van der Waals surface area contributed by atoms with Gasteiger partial charge in [-0.25, -0.2) is 4.79 Å². The van der Waals surface area contributed by atoms with E-state index in [1.165, 1.54) is 12.8 Å². The van der Waals surface area contributed by atoms with Crippen molar-refractivity contribution in [3.63, 3.8) is 0 Å². The normalized spacial score (nSPS) is 14.2. The Kier molecular flexibility index (Phi) is 4.75. The standard InChI is InChI=1S/C10H16N2O4/c13-8(3-4-9(14)15)12-10(16)11-6-5-7-1-2-7/h7H,1-6H2,(H,14,15)(H2,11,12,13,16). The van der Waals surface area contributed by atoms with E-state index in [4.69, 9.17) is 5.11 Å². The molecule has 0 aromatic heterocycles. The van der Waals surface area contributed by atoms with Gasteiger partial charge < -0.3 is 10.4 Å². The number of imide groups is 1. The van der Waals surface area contributed by atoms with Gasteiger partial charge in [0.05, 0.1) is 6.42 Å². The molecule has 0 atom stereocenters. The molecule has 0 aliphatic heterocycles. The third kappa shape index (κ3) is 6.00. The van der Waals surface area contributed by atoms with Crippen molar-refractivity contribution in [3.05, 3.63) is 0 Å². The van der Waals surface area contributed by atoms with Crippen LogP contribution in [0.15, 0.2) is 0 Å². The van der Waals surface area contributed by atoms with Crippen LogP contribution in [0.2, 0.25) is 0 Å². The summed E-state index contributed by atoms with van der Waals surface area (Å²) in [5.41, 5.74) is 0. The molecule has 6 heteroatoms. The van der Waals surface area contributed by atoms with Gasteiger partial charge in [-0.1, -0.05) is 12.8 Å². The van der Waals surface area contributed by atoms with Crippen LogP contribution in [0.4, 0.5) is 4.79 Å². The van der Waals surface area contributed by atoms with Gasteiger partial charge >= 0.3 is 12.0 Å². The molecule has 1 rings (SSSR count). The van der Waals surface area contributed by atoms with Crippen molar-refractivity contribution in [2.24, 2.45) is 5.92 Å². The monoisotopic (exact) mass is 228 g/mol. The molecule has 1 fully saturated rings. The molecule has 3 amide bonds. The Bertz CT molecular complexity index is 287. The highest BCUT2D eigenvalue weighted by atomic mass is 16.4. The minimum atomic E-state index is -1.05. The van der Waals surface area contributed by atoms with E-state index in [1.54, 1.807) is 0 Å². The lowest BCUT2D eigenvalue weighted by Gasteiger charge is -2.05. The second kappa shape index (κ2) is 6.09. The number of carboxylic acids is 1. The van der Waals surface area contributed by atoms with E-state index in [-0.39, 0.29) is 12.8 Å². The average molecular weight is 228 g/mol. The number of urea groups is 1. The molecule has 0 radical (unpaired) electrons. The number of hydrogen-bond donors (Lipinski definition) is 3. The van der Waals surface area contributed by atoms with Gasteiger partial charge in [0.2, 0.25) is 5.91 Å². The van der Waals surface area contributed by atoms with E-state index in [1.807, 2.05) is 0 Å². The maximum atomic E-state index is 11.1. The predicted octanol–water partition coefficient (Wildman–Crippen LogP) is 0.477. The fraction of sp³-hybridized carbons (Fsp3) is 0.700. The molecule has 0 spiro atoms. The van der Waals surface area contributed by atoms with Gasteiger partial charge in [-0.2, -0.15) is 0 Å². The van der Waals surface area contributed by atoms with Crippen LogP contribution in [0.5, 0.6) is 0 Å². The zero-order valence-electron chi connectivity index (χ0n) is 8.99. The predicted molar refractivity (Wildman–Crippen MR) is 55.8 cm³/mol. The first-order chi connectivity index (χ1) is 7.58. The topological polar surface area (TPSA) is 95.5 Å². The minimum absolute atomic E-state index is 0.175. The van der Waals surface area contributed by atoms with Crippen molar-refractivity contribution in [1.82, 2.24) is 10.6 Å². The maximum absolute atomic E-state index is 11.1. The number of carbonyl (C=O) groups is 3. The summed E-state index contributed by atoms with van der Waals surface area (Å²) in [6.07, 6.45) is 2.95. The van der Waals surface area contributed by atoms with Crippen LogP contribution in [0, 0.1) is 5.92 Å². The number of hydrogen-bond acceptors (Lipinski definition) is 3. The SMILES string of the molecule is O=C(O)CCC(=O)NC(=O)NCCC1CC1. The summed E-state index contributed by atoms with van der Waals surface area (Å²) in [6, 6.07) is -0.545. The minimum Gasteiger partial charge on any atom is -0.481 e. The first-order valence-corrected chi connectivity index (χ1v) is 5.37. The highest BCUT2D eigenvalue weighted by molar-refractivity contribution is 5.95. The van der Waals surface area contributed by atoms with Crippen LogP contribution in [0.3, 0.4) is 0 Å². The lowest BCUT2D eigenvalue weighted by Crippen LogP contribution is -2.40. The quantitative estimate of drug-likeness (QED) is 0.616. The lowest BCUT2D eigenvalue weighted by atomic mass is 10.3. The number of amides is 3. The van der Waals surface area contributed by atoms with Crippen molar-refractivity contribution >= 4 is 17.9 Å². The second-order valence-electron chi connectivity index (χ2n) is 3.93. The number of rotatable bonds is 6. The Morgan fingerprint density at radius 3 is 2.44 bits per heavy atom. The molecular weight excluding hydrogens is 212 g/mol. The van der Waals surface area contributed by atoms with Crippen LogP contribution in [-0.2, 0) is 9.59 Å². The Hall–Kier alpha value is -1.59. The fourth-order valence-electron chi connectivity index (χ4n) is 1.25. The molecule has 1 aliphatic rings. The van der Waals surface area contributed by atoms with Gasteiger partial charge in [0, 0.05) is 13.0 Å². The van der Waals surface area contributed by atoms with E-state index in [0.717, 1.165) is 12.3 Å². The molecule has 1 saturated carbocycles. The van der Waals surface area contributed by atoms with Gasteiger partial charge in [0.1, 0.15) is 0 Å². The Labute approximate surface area is 93.4 Å². The highest BCUT2D eigenvalue weighted by Crippen LogP contribution is 2.31. The summed E-state index contributed by atoms with van der Waals surface area (Å²) in [5, 5.41) is 13.0. The molecule has 6 nitrogen and oxygen atoms in total. The molecule has 0 saturated heterocycles. The summed E-state index contributed by atoms with van der Waals surface area (Å²) in [5.74, 6) is -0.890. The summed E-state index contributed by atoms with van der Waals surface area (Å²) >= 11 is 0. The molecular formula is C10H16N2O4. The van der Waals surface area contributed by atoms with Crippen LogP contribution in [0.25, 0.3) is 0 Å². The first-order valence-electron chi connectivity index (χ1n) is 5.37. The van der Waals surface area contributed by atoms with Gasteiger partial charge in [-0.05, 0) is 12.3 Å². The third-order valence-corrected chi connectivity index (χ3v) is 2.35. The van der Waals surface area contributed by atoms with Crippen molar-refractivity contribution in [2.45, 2.75) is 32.1 Å². The van der Waals surface area contributed by atoms with Crippen molar-refractivity contribution in [1.29, 1.82) is 0 Å². The molecule has 0 unspecified atom stereocenters. The molecule has 0 bridgehead atoms. The number of nitrogens with one attached hydrogen (secondary N) is 2. The van der Waals surface area contributed by atoms with Crippen LogP contribution < -0.4 is 10.6 Å². The number of aliphatic carboxylic acids is 1. The number of carboxylic acid groups (broad SMARTS) is 1. The molecule has 90 valence electrons. The van der Waals surface area contributed by atoms with E-state index in [9.17, 15) is 14.4 Å². The molecule has 3 N–H and O–H groups in total. The van der Waals surface area contributed by atoms with E-state index < -0.39 is 17.9 Å². The molecule has 16 heavy (non-hydrogen) atoms. The molecule has 1 aliphatic carbocycles. The van der Waals surface area contributed by atoms with Gasteiger partial charge in [0.25, 0.3) is 0 Å². The zero-order chi connectivity index (χ0) is 12.0. The number of carbonyl (C=O) groups excluding carboxylic acids is 2. The largest absolute Gasteiger partial charge is 0.481 e. The van der Waals surface area contributed by atoms with Crippen LogP contribution in [0.1, 0.15) is 32.1 Å². The van der Waals surface area contributed by atoms with Crippen molar-refractivity contribution < 1.29 is 19.5 Å². The summed E-state index contributed by atoms with van der Waals surface area (Å²) < 4.78 is 0. The van der Waals surface area contributed by atoms with Gasteiger partial charge in [-0.15, -0.1) is 0 Å². The smallest absolute Gasteiger partial charge is 0.321 e. The Morgan fingerprint density at radius 2 is 1.88 bits per heavy atom. The van der Waals surface area contributed by atoms with Crippen molar-refractivity contribution in [3.8, 4) is 0 Å². The van der Waals surface area contributed by atoms with E-state index in [0.29, 0.717) is 6.54 Å². The first kappa shape index (κ1) is 12.5. The third-order valence-electron chi connectivity index (χ3n) is 2.35. The highest BCUT2D eigenvalue weighted by Gasteiger charge is 2.20. The van der Waals surface area contributed by atoms with Gasteiger partial charge in [-0.3, -0.25) is 14.9 Å².